The Labute approximate surface area is 110 Å². The topological polar surface area (TPSA) is 72.9 Å². The van der Waals surface area contributed by atoms with Crippen LogP contribution in [0.15, 0.2) is 18.6 Å². The van der Waals surface area contributed by atoms with Gasteiger partial charge in [-0.25, -0.2) is 4.98 Å². The van der Waals surface area contributed by atoms with E-state index in [0.29, 0.717) is 5.78 Å². The highest BCUT2D eigenvalue weighted by molar-refractivity contribution is 5.60. The van der Waals surface area contributed by atoms with Gasteiger partial charge >= 0.3 is 0 Å². The van der Waals surface area contributed by atoms with Gasteiger partial charge in [-0.15, -0.1) is 0 Å². The summed E-state index contributed by atoms with van der Waals surface area (Å²) < 4.78 is 3.48. The van der Waals surface area contributed by atoms with Gasteiger partial charge in [0.05, 0.1) is 11.4 Å². The molecule has 1 N–H and O–H groups in total. The van der Waals surface area contributed by atoms with Crippen molar-refractivity contribution >= 4 is 17.3 Å². The molecule has 0 saturated heterocycles. The van der Waals surface area contributed by atoms with E-state index in [1.165, 1.54) is 6.33 Å². The van der Waals surface area contributed by atoms with E-state index in [2.05, 4.69) is 32.4 Å². The molecule has 0 radical (unpaired) electrons. The third-order valence-corrected chi connectivity index (χ3v) is 2.88. The van der Waals surface area contributed by atoms with Crippen molar-refractivity contribution in [1.82, 2.24) is 29.4 Å². The number of nitrogens with zero attached hydrogens (tertiary/aromatic N) is 6. The summed E-state index contributed by atoms with van der Waals surface area (Å²) in [5, 5.41) is 11.9. The van der Waals surface area contributed by atoms with Crippen LogP contribution in [-0.2, 0) is 13.5 Å². The number of aromatic nitrogens is 6. The fourth-order valence-corrected chi connectivity index (χ4v) is 2.06. The second kappa shape index (κ2) is 4.34. The van der Waals surface area contributed by atoms with Crippen LogP contribution in [0.3, 0.4) is 0 Å². The molecular weight excluding hydrogens is 242 g/mol. The molecule has 0 aromatic carbocycles. The van der Waals surface area contributed by atoms with E-state index in [0.717, 1.165) is 29.3 Å². The van der Waals surface area contributed by atoms with Crippen LogP contribution in [0.5, 0.6) is 0 Å². The second-order valence-corrected chi connectivity index (χ2v) is 4.40. The Hall–Kier alpha value is -2.44. The van der Waals surface area contributed by atoms with Gasteiger partial charge in [0.25, 0.3) is 5.78 Å². The maximum atomic E-state index is 4.41. The van der Waals surface area contributed by atoms with Crippen LogP contribution in [0, 0.1) is 6.92 Å². The zero-order valence-electron chi connectivity index (χ0n) is 11.1. The Morgan fingerprint density at radius 1 is 1.37 bits per heavy atom. The molecule has 7 heteroatoms. The van der Waals surface area contributed by atoms with Gasteiger partial charge < -0.3 is 5.32 Å². The lowest BCUT2D eigenvalue weighted by atomic mass is 10.3. The zero-order chi connectivity index (χ0) is 13.4. The van der Waals surface area contributed by atoms with Crippen LogP contribution in [0.25, 0.3) is 5.78 Å². The van der Waals surface area contributed by atoms with Crippen molar-refractivity contribution in [1.29, 1.82) is 0 Å². The van der Waals surface area contributed by atoms with Crippen LogP contribution in [-0.4, -0.2) is 29.4 Å². The van der Waals surface area contributed by atoms with Crippen molar-refractivity contribution in [3.8, 4) is 0 Å². The highest BCUT2D eigenvalue weighted by Crippen LogP contribution is 2.20. The number of fused-ring (bicyclic) bond motifs is 1. The number of anilines is 2. The van der Waals surface area contributed by atoms with Crippen molar-refractivity contribution in [2.75, 3.05) is 5.32 Å². The molecule has 0 aliphatic rings. The van der Waals surface area contributed by atoms with Gasteiger partial charge in [-0.3, -0.25) is 4.68 Å². The Bertz CT molecular complexity index is 725. The smallest absolute Gasteiger partial charge is 0.254 e. The highest BCUT2D eigenvalue weighted by Gasteiger charge is 2.10. The molecule has 0 atom stereocenters. The molecule has 3 heterocycles. The summed E-state index contributed by atoms with van der Waals surface area (Å²) in [4.78, 5) is 8.42. The highest BCUT2D eigenvalue weighted by atomic mass is 15.4. The molecule has 3 aromatic rings. The summed E-state index contributed by atoms with van der Waals surface area (Å²) in [5.41, 5.74) is 2.89. The molecule has 7 nitrogen and oxygen atoms in total. The molecule has 3 rings (SSSR count). The van der Waals surface area contributed by atoms with E-state index in [1.807, 2.05) is 26.2 Å². The minimum Gasteiger partial charge on any atom is -0.337 e. The van der Waals surface area contributed by atoms with Crippen molar-refractivity contribution in [3.05, 3.63) is 30.0 Å². The quantitative estimate of drug-likeness (QED) is 0.769. The summed E-state index contributed by atoms with van der Waals surface area (Å²) in [6, 6.07) is 1.94. The molecule has 0 bridgehead atoms. The van der Waals surface area contributed by atoms with Gasteiger partial charge in [-0.2, -0.15) is 19.7 Å². The van der Waals surface area contributed by atoms with E-state index >= 15 is 0 Å². The van der Waals surface area contributed by atoms with E-state index in [1.54, 1.807) is 9.20 Å². The maximum Gasteiger partial charge on any atom is 0.254 e. The summed E-state index contributed by atoms with van der Waals surface area (Å²) in [7, 11) is 1.91. The van der Waals surface area contributed by atoms with Crippen molar-refractivity contribution < 1.29 is 0 Å². The van der Waals surface area contributed by atoms with Gasteiger partial charge in [0.2, 0.25) is 0 Å². The molecule has 0 amide bonds. The van der Waals surface area contributed by atoms with E-state index in [-0.39, 0.29) is 0 Å². The van der Waals surface area contributed by atoms with E-state index < -0.39 is 0 Å². The monoisotopic (exact) mass is 257 g/mol. The van der Waals surface area contributed by atoms with E-state index in [9.17, 15) is 0 Å². The molecule has 19 heavy (non-hydrogen) atoms. The Balaban J connectivity index is 2.07. The normalized spacial score (nSPS) is 11.1. The SMILES string of the molecule is CCc1nn(C)cc1Nc1cc(C)nc2ncnn12. The van der Waals surface area contributed by atoms with Crippen LogP contribution in [0.4, 0.5) is 11.5 Å². The summed E-state index contributed by atoms with van der Waals surface area (Å²) in [6.07, 6.45) is 4.32. The van der Waals surface area contributed by atoms with Gasteiger partial charge in [0.1, 0.15) is 12.1 Å². The van der Waals surface area contributed by atoms with Gasteiger partial charge in [-0.1, -0.05) is 6.92 Å². The molecular formula is C12H15N7. The molecule has 0 spiro atoms. The van der Waals surface area contributed by atoms with Gasteiger partial charge in [-0.05, 0) is 13.3 Å². The largest absolute Gasteiger partial charge is 0.337 e. The van der Waals surface area contributed by atoms with Crippen LogP contribution < -0.4 is 5.32 Å². The lowest BCUT2D eigenvalue weighted by Crippen LogP contribution is -2.03. The molecule has 3 aromatic heterocycles. The Morgan fingerprint density at radius 3 is 3.00 bits per heavy atom. The van der Waals surface area contributed by atoms with Crippen LogP contribution in [0.1, 0.15) is 18.3 Å². The molecule has 0 unspecified atom stereocenters. The number of rotatable bonds is 3. The predicted molar refractivity (Wildman–Crippen MR) is 71.4 cm³/mol. The lowest BCUT2D eigenvalue weighted by molar-refractivity contribution is 0.746. The summed E-state index contributed by atoms with van der Waals surface area (Å²) in [6.45, 7) is 4.01. The zero-order valence-corrected chi connectivity index (χ0v) is 11.1. The van der Waals surface area contributed by atoms with Gasteiger partial charge in [0.15, 0.2) is 0 Å². The lowest BCUT2D eigenvalue weighted by Gasteiger charge is -2.07. The minimum absolute atomic E-state index is 0.587. The first-order chi connectivity index (χ1) is 9.17. The fraction of sp³-hybridized carbons (Fsp3) is 0.333. The molecule has 98 valence electrons. The Morgan fingerprint density at radius 2 is 2.21 bits per heavy atom. The number of hydrogen-bond acceptors (Lipinski definition) is 5. The van der Waals surface area contributed by atoms with Crippen LogP contribution in [0.2, 0.25) is 0 Å². The molecule has 0 aliphatic carbocycles. The summed E-state index contributed by atoms with van der Waals surface area (Å²) >= 11 is 0. The first-order valence-electron chi connectivity index (χ1n) is 6.14. The molecule has 0 aliphatic heterocycles. The minimum atomic E-state index is 0.587. The maximum absolute atomic E-state index is 4.41. The average Bonchev–Trinajstić information content (AvgIpc) is 2.95. The Kier molecular flexibility index (Phi) is 2.66. The van der Waals surface area contributed by atoms with Crippen LogP contribution >= 0.6 is 0 Å². The van der Waals surface area contributed by atoms with E-state index in [4.69, 9.17) is 0 Å². The first-order valence-corrected chi connectivity index (χ1v) is 6.14. The van der Waals surface area contributed by atoms with Crippen molar-refractivity contribution in [2.24, 2.45) is 7.05 Å². The van der Waals surface area contributed by atoms with Gasteiger partial charge in [0, 0.05) is 25.0 Å². The number of hydrogen-bond donors (Lipinski definition) is 1. The third kappa shape index (κ3) is 2.03. The third-order valence-electron chi connectivity index (χ3n) is 2.88. The second-order valence-electron chi connectivity index (χ2n) is 4.40. The summed E-state index contributed by atoms with van der Waals surface area (Å²) in [5.74, 6) is 1.42. The number of aryl methyl sites for hydroxylation is 3. The predicted octanol–water partition coefficient (Wildman–Crippen LogP) is 1.47. The number of nitrogens with one attached hydrogen (secondary N) is 1. The molecule has 0 saturated carbocycles. The van der Waals surface area contributed by atoms with Crippen molar-refractivity contribution in [2.45, 2.75) is 20.3 Å². The molecule has 0 fully saturated rings. The average molecular weight is 257 g/mol. The van der Waals surface area contributed by atoms with Crippen molar-refractivity contribution in [3.63, 3.8) is 0 Å². The standard InChI is InChI=1S/C12H15N7/c1-4-9-10(6-18(3)17-9)16-11-5-8(2)15-12-13-7-14-19(11)12/h5-7,16H,4H2,1-3H3. The fourth-order valence-electron chi connectivity index (χ4n) is 2.06. The first kappa shape index (κ1) is 11.6.